The minimum atomic E-state index is 0.510. The van der Waals surface area contributed by atoms with Crippen LogP contribution in [-0.2, 0) is 6.61 Å². The van der Waals surface area contributed by atoms with Crippen molar-refractivity contribution in [3.8, 4) is 17.2 Å². The van der Waals surface area contributed by atoms with Gasteiger partial charge in [0.15, 0.2) is 11.5 Å². The molecule has 0 bridgehead atoms. The molecule has 2 N–H and O–H groups in total. The first-order valence-electron chi connectivity index (χ1n) is 12.7. The van der Waals surface area contributed by atoms with Gasteiger partial charge in [-0.15, -0.1) is 0 Å². The van der Waals surface area contributed by atoms with Crippen LogP contribution in [0.3, 0.4) is 0 Å². The van der Waals surface area contributed by atoms with Gasteiger partial charge in [0.25, 0.3) is 0 Å². The minimum Gasteiger partial charge on any atom is -0.490 e. The van der Waals surface area contributed by atoms with E-state index in [-0.39, 0.29) is 0 Å². The molecule has 5 aromatic rings. The number of nitrogens with zero attached hydrogens (tertiary/aromatic N) is 2. The predicted octanol–water partition coefficient (Wildman–Crippen LogP) is 7.49. The molecule has 0 unspecified atom stereocenters. The summed E-state index contributed by atoms with van der Waals surface area (Å²) >= 11 is 0. The second-order valence-corrected chi connectivity index (χ2v) is 8.54. The fourth-order valence-corrected chi connectivity index (χ4v) is 3.94. The molecular weight excluding hydrogens is 476 g/mol. The van der Waals surface area contributed by atoms with Crippen LogP contribution in [0.15, 0.2) is 97.2 Å². The molecule has 192 valence electrons. The second kappa shape index (κ2) is 12.0. The van der Waals surface area contributed by atoms with Crippen LogP contribution in [0.5, 0.6) is 17.2 Å². The molecule has 7 heteroatoms. The molecule has 5 rings (SSSR count). The Balaban J connectivity index is 1.21. The van der Waals surface area contributed by atoms with Crippen LogP contribution in [-0.4, -0.2) is 23.2 Å². The summed E-state index contributed by atoms with van der Waals surface area (Å²) in [6, 6.07) is 29.8. The summed E-state index contributed by atoms with van der Waals surface area (Å²) in [5.41, 5.74) is 4.76. The van der Waals surface area contributed by atoms with E-state index in [0.29, 0.717) is 37.3 Å². The lowest BCUT2D eigenvalue weighted by atomic mass is 10.2. The zero-order valence-electron chi connectivity index (χ0n) is 21.5. The number of hydrogen-bond donors (Lipinski definition) is 2. The summed E-state index contributed by atoms with van der Waals surface area (Å²) in [6.45, 7) is 5.55. The van der Waals surface area contributed by atoms with Crippen LogP contribution in [0.2, 0.25) is 0 Å². The number of fused-ring (bicyclic) bond motifs is 1. The van der Waals surface area contributed by atoms with Crippen molar-refractivity contribution in [2.75, 3.05) is 23.8 Å². The molecule has 1 aromatic heterocycles. The van der Waals surface area contributed by atoms with E-state index >= 15 is 0 Å². The molecule has 0 atom stereocenters. The van der Waals surface area contributed by atoms with Gasteiger partial charge < -0.3 is 24.8 Å². The average molecular weight is 507 g/mol. The lowest BCUT2D eigenvalue weighted by Crippen LogP contribution is -2.01. The number of aromatic nitrogens is 2. The Labute approximate surface area is 222 Å². The molecule has 0 radical (unpaired) electrons. The monoisotopic (exact) mass is 506 g/mol. The maximum atomic E-state index is 5.87. The summed E-state index contributed by atoms with van der Waals surface area (Å²) in [5.74, 6) is 2.72. The van der Waals surface area contributed by atoms with Crippen LogP contribution in [0.1, 0.15) is 19.4 Å². The Morgan fingerprint density at radius 3 is 1.92 bits per heavy atom. The van der Waals surface area contributed by atoms with Crippen molar-refractivity contribution in [1.29, 1.82) is 0 Å². The summed E-state index contributed by atoms with van der Waals surface area (Å²) < 4.78 is 17.3. The summed E-state index contributed by atoms with van der Waals surface area (Å²) in [4.78, 5) is 9.13. The van der Waals surface area contributed by atoms with Crippen molar-refractivity contribution in [2.24, 2.45) is 0 Å². The standard InChI is InChI=1S/C31H30N4O3/c1-3-36-29-18-23-20-32-31(35-28(23)19-30(29)37-4-2)34-26-12-10-24(11-13-26)33-25-14-16-27(17-15-25)38-21-22-8-6-5-7-9-22/h5-20,33H,3-4,21H2,1-2H3,(H,32,34,35). The number of nitrogens with one attached hydrogen (secondary N) is 2. The third-order valence-corrected chi connectivity index (χ3v) is 5.78. The molecular formula is C31H30N4O3. The maximum Gasteiger partial charge on any atom is 0.227 e. The average Bonchev–Trinajstić information content (AvgIpc) is 2.95. The van der Waals surface area contributed by atoms with Crippen molar-refractivity contribution in [1.82, 2.24) is 9.97 Å². The van der Waals surface area contributed by atoms with Crippen LogP contribution >= 0.6 is 0 Å². The number of benzene rings is 4. The molecule has 0 fully saturated rings. The molecule has 0 saturated heterocycles. The van der Waals surface area contributed by atoms with Gasteiger partial charge in [-0.2, -0.15) is 0 Å². The topological polar surface area (TPSA) is 77.5 Å². The number of anilines is 4. The molecule has 38 heavy (non-hydrogen) atoms. The van der Waals surface area contributed by atoms with E-state index in [1.165, 1.54) is 0 Å². The van der Waals surface area contributed by atoms with E-state index in [9.17, 15) is 0 Å². The predicted molar refractivity (Wildman–Crippen MR) is 152 cm³/mol. The van der Waals surface area contributed by atoms with E-state index in [0.717, 1.165) is 39.3 Å². The van der Waals surface area contributed by atoms with Crippen molar-refractivity contribution in [3.63, 3.8) is 0 Å². The number of ether oxygens (including phenoxy) is 3. The van der Waals surface area contributed by atoms with Gasteiger partial charge in [0.1, 0.15) is 12.4 Å². The molecule has 4 aromatic carbocycles. The third kappa shape index (κ3) is 6.31. The van der Waals surface area contributed by atoms with E-state index in [1.54, 1.807) is 6.20 Å². The van der Waals surface area contributed by atoms with E-state index < -0.39 is 0 Å². The minimum absolute atomic E-state index is 0.510. The highest BCUT2D eigenvalue weighted by Crippen LogP contribution is 2.32. The Morgan fingerprint density at radius 2 is 1.26 bits per heavy atom. The van der Waals surface area contributed by atoms with Gasteiger partial charge in [0.2, 0.25) is 5.95 Å². The Kier molecular flexibility index (Phi) is 7.84. The van der Waals surface area contributed by atoms with Crippen molar-refractivity contribution >= 4 is 33.9 Å². The highest BCUT2D eigenvalue weighted by atomic mass is 16.5. The largest absolute Gasteiger partial charge is 0.490 e. The van der Waals surface area contributed by atoms with Gasteiger partial charge in [-0.1, -0.05) is 30.3 Å². The quantitative estimate of drug-likeness (QED) is 0.192. The van der Waals surface area contributed by atoms with Crippen LogP contribution in [0.25, 0.3) is 10.9 Å². The molecule has 0 aliphatic rings. The molecule has 0 aliphatic carbocycles. The Morgan fingerprint density at radius 1 is 0.658 bits per heavy atom. The first kappa shape index (κ1) is 24.9. The smallest absolute Gasteiger partial charge is 0.227 e. The van der Waals surface area contributed by atoms with Crippen LogP contribution in [0.4, 0.5) is 23.0 Å². The molecule has 0 spiro atoms. The summed E-state index contributed by atoms with van der Waals surface area (Å²) in [7, 11) is 0. The normalized spacial score (nSPS) is 10.7. The Hall–Kier alpha value is -4.78. The van der Waals surface area contributed by atoms with Gasteiger partial charge >= 0.3 is 0 Å². The zero-order valence-corrected chi connectivity index (χ0v) is 21.5. The lowest BCUT2D eigenvalue weighted by molar-refractivity contribution is 0.288. The lowest BCUT2D eigenvalue weighted by Gasteiger charge is -2.13. The van der Waals surface area contributed by atoms with E-state index in [4.69, 9.17) is 14.2 Å². The van der Waals surface area contributed by atoms with E-state index in [1.807, 2.05) is 92.7 Å². The molecule has 0 amide bonds. The van der Waals surface area contributed by atoms with Crippen molar-refractivity contribution < 1.29 is 14.2 Å². The number of rotatable bonds is 11. The van der Waals surface area contributed by atoms with Crippen molar-refractivity contribution in [2.45, 2.75) is 20.5 Å². The van der Waals surface area contributed by atoms with Gasteiger partial charge in [0, 0.05) is 34.7 Å². The maximum absolute atomic E-state index is 5.87. The van der Waals surface area contributed by atoms with E-state index in [2.05, 4.69) is 32.7 Å². The highest BCUT2D eigenvalue weighted by Gasteiger charge is 2.10. The Bertz CT molecular complexity index is 1470. The first-order chi connectivity index (χ1) is 18.7. The van der Waals surface area contributed by atoms with Gasteiger partial charge in [0.05, 0.1) is 18.7 Å². The molecule has 1 heterocycles. The summed E-state index contributed by atoms with van der Waals surface area (Å²) in [6.07, 6.45) is 1.78. The number of hydrogen-bond acceptors (Lipinski definition) is 7. The van der Waals surface area contributed by atoms with Crippen LogP contribution in [0, 0.1) is 0 Å². The molecule has 7 nitrogen and oxygen atoms in total. The second-order valence-electron chi connectivity index (χ2n) is 8.54. The summed E-state index contributed by atoms with van der Waals surface area (Å²) in [5, 5.41) is 7.58. The SMILES string of the molecule is CCOc1cc2cnc(Nc3ccc(Nc4ccc(OCc5ccccc5)cc4)cc3)nc2cc1OCC. The van der Waals surface area contributed by atoms with Gasteiger partial charge in [-0.25, -0.2) is 9.97 Å². The zero-order chi connectivity index (χ0) is 26.2. The third-order valence-electron chi connectivity index (χ3n) is 5.78. The highest BCUT2D eigenvalue weighted by molar-refractivity contribution is 5.83. The first-order valence-corrected chi connectivity index (χ1v) is 12.7. The van der Waals surface area contributed by atoms with Crippen LogP contribution < -0.4 is 24.8 Å². The van der Waals surface area contributed by atoms with Crippen molar-refractivity contribution in [3.05, 3.63) is 103 Å². The molecule has 0 saturated carbocycles. The molecule has 0 aliphatic heterocycles. The van der Waals surface area contributed by atoms with Gasteiger partial charge in [-0.3, -0.25) is 0 Å². The van der Waals surface area contributed by atoms with Gasteiger partial charge in [-0.05, 0) is 74.0 Å². The fraction of sp³-hybridized carbons (Fsp3) is 0.161. The fourth-order valence-electron chi connectivity index (χ4n) is 3.94.